The number of aromatic nitrogens is 1. The molecule has 0 spiro atoms. The average Bonchev–Trinajstić information content (AvgIpc) is 2.02. The molecular weight excluding hydrogens is 283 g/mol. The molecule has 12 heavy (non-hydrogen) atoms. The summed E-state index contributed by atoms with van der Waals surface area (Å²) in [7, 11) is 0. The van der Waals surface area contributed by atoms with Crippen molar-refractivity contribution in [2.75, 3.05) is 0 Å². The van der Waals surface area contributed by atoms with Gasteiger partial charge in [-0.05, 0) is 0 Å². The Balaban J connectivity index is 2.44. The third-order valence-electron chi connectivity index (χ3n) is 1.02. The van der Waals surface area contributed by atoms with Gasteiger partial charge >= 0.3 is 77.9 Å². The van der Waals surface area contributed by atoms with Gasteiger partial charge in [0, 0.05) is 0 Å². The van der Waals surface area contributed by atoms with E-state index in [4.69, 9.17) is 0 Å². The molecule has 5 heteroatoms. The molecule has 1 aromatic heterocycles. The van der Waals surface area contributed by atoms with Crippen LogP contribution in [0.25, 0.3) is 0 Å². The Labute approximate surface area is 78.1 Å². The standard InChI is InChI=1S/C7H6F3NTe/c8-7(9,10)5-12-6-3-1-2-4-11-6/h1-4H,5H2. The Bertz CT molecular complexity index is 234. The second-order valence-electron chi connectivity index (χ2n) is 2.07. The van der Waals surface area contributed by atoms with Crippen molar-refractivity contribution in [2.45, 2.75) is 10.6 Å². The zero-order chi connectivity index (χ0) is 9.03. The van der Waals surface area contributed by atoms with E-state index in [1.54, 1.807) is 18.2 Å². The first-order chi connectivity index (χ1) is 5.58. The topological polar surface area (TPSA) is 12.9 Å². The molecule has 0 saturated heterocycles. The molecule has 0 bridgehead atoms. The first kappa shape index (κ1) is 9.81. The average molecular weight is 289 g/mol. The molecule has 66 valence electrons. The van der Waals surface area contributed by atoms with Crippen LogP contribution in [-0.4, -0.2) is 32.1 Å². The first-order valence-electron chi connectivity index (χ1n) is 3.18. The summed E-state index contributed by atoms with van der Waals surface area (Å²) in [6.45, 7) is 0. The van der Waals surface area contributed by atoms with Crippen LogP contribution in [0.3, 0.4) is 0 Å². The van der Waals surface area contributed by atoms with E-state index in [1.807, 2.05) is 0 Å². The quantitative estimate of drug-likeness (QED) is 0.750. The molecule has 0 aliphatic carbocycles. The van der Waals surface area contributed by atoms with Crippen LogP contribution >= 0.6 is 0 Å². The summed E-state index contributed by atoms with van der Waals surface area (Å²) in [4.78, 5) is 3.84. The van der Waals surface area contributed by atoms with Gasteiger partial charge in [0.1, 0.15) is 0 Å². The van der Waals surface area contributed by atoms with Crippen molar-refractivity contribution in [1.82, 2.24) is 4.98 Å². The van der Waals surface area contributed by atoms with E-state index >= 15 is 0 Å². The van der Waals surface area contributed by atoms with Crippen molar-refractivity contribution in [2.24, 2.45) is 0 Å². The van der Waals surface area contributed by atoms with Crippen LogP contribution in [0.2, 0.25) is 4.47 Å². The molecule has 0 N–H and O–H groups in total. The molecule has 0 aliphatic rings. The predicted molar refractivity (Wildman–Crippen MR) is 40.5 cm³/mol. The minimum absolute atomic E-state index is 0.611. The van der Waals surface area contributed by atoms with Gasteiger partial charge in [-0.3, -0.25) is 0 Å². The van der Waals surface area contributed by atoms with Crippen molar-refractivity contribution in [3.8, 4) is 0 Å². The number of halogens is 3. The summed E-state index contributed by atoms with van der Waals surface area (Å²) >= 11 is -1.17. The molecule has 0 radical (unpaired) electrons. The summed E-state index contributed by atoms with van der Waals surface area (Å²) in [6.07, 6.45) is -2.50. The molecular formula is C7H6F3NTe. The van der Waals surface area contributed by atoms with Gasteiger partial charge in [0.05, 0.1) is 0 Å². The maximum atomic E-state index is 11.7. The van der Waals surface area contributed by atoms with E-state index in [1.165, 1.54) is 6.20 Å². The van der Waals surface area contributed by atoms with Crippen LogP contribution in [0, 0.1) is 0 Å². The summed E-state index contributed by atoms with van der Waals surface area (Å²) in [5.41, 5.74) is 0. The van der Waals surface area contributed by atoms with Crippen molar-refractivity contribution < 1.29 is 13.2 Å². The van der Waals surface area contributed by atoms with E-state index in [0.29, 0.717) is 3.74 Å². The second kappa shape index (κ2) is 4.11. The van der Waals surface area contributed by atoms with Crippen LogP contribution in [0.15, 0.2) is 24.4 Å². The van der Waals surface area contributed by atoms with Crippen LogP contribution < -0.4 is 3.74 Å². The van der Waals surface area contributed by atoms with E-state index < -0.39 is 31.6 Å². The first-order valence-corrected chi connectivity index (χ1v) is 6.00. The van der Waals surface area contributed by atoms with Crippen molar-refractivity contribution in [3.05, 3.63) is 24.4 Å². The van der Waals surface area contributed by atoms with Crippen LogP contribution in [0.1, 0.15) is 0 Å². The Hall–Kier alpha value is -0.270. The molecule has 0 atom stereocenters. The fourth-order valence-electron chi connectivity index (χ4n) is 0.588. The van der Waals surface area contributed by atoms with Gasteiger partial charge in [-0.1, -0.05) is 0 Å². The molecule has 0 saturated carbocycles. The number of rotatable bonds is 2. The predicted octanol–water partition coefficient (Wildman–Crippen LogP) is 1.39. The number of pyridine rings is 1. The number of alkyl halides is 3. The molecule has 1 rings (SSSR count). The maximum absolute atomic E-state index is 11.7. The third-order valence-corrected chi connectivity index (χ3v) is 3.90. The van der Waals surface area contributed by atoms with E-state index in [2.05, 4.69) is 4.98 Å². The van der Waals surface area contributed by atoms with Gasteiger partial charge in [0.25, 0.3) is 0 Å². The van der Waals surface area contributed by atoms with Gasteiger partial charge in [-0.2, -0.15) is 0 Å². The number of hydrogen-bond acceptors (Lipinski definition) is 1. The Morgan fingerprint density at radius 3 is 2.58 bits per heavy atom. The minimum atomic E-state index is -4.03. The summed E-state index contributed by atoms with van der Waals surface area (Å²) in [5, 5.41) is 0. The molecule has 0 unspecified atom stereocenters. The molecule has 0 fully saturated rings. The van der Waals surface area contributed by atoms with E-state index in [0.717, 1.165) is 0 Å². The monoisotopic (exact) mass is 291 g/mol. The fourth-order valence-corrected chi connectivity index (χ4v) is 2.36. The summed E-state index contributed by atoms with van der Waals surface area (Å²) < 4.78 is 35.2. The summed E-state index contributed by atoms with van der Waals surface area (Å²) in [6, 6.07) is 5.06. The Morgan fingerprint density at radius 2 is 2.08 bits per heavy atom. The molecule has 1 heterocycles. The Morgan fingerprint density at radius 1 is 1.33 bits per heavy atom. The van der Waals surface area contributed by atoms with E-state index in [-0.39, 0.29) is 0 Å². The molecule has 1 aromatic rings. The fraction of sp³-hybridized carbons (Fsp3) is 0.286. The normalized spacial score (nSPS) is 11.6. The van der Waals surface area contributed by atoms with Crippen LogP contribution in [-0.2, 0) is 0 Å². The third kappa shape index (κ3) is 3.93. The van der Waals surface area contributed by atoms with Gasteiger partial charge in [0.2, 0.25) is 0 Å². The second-order valence-corrected chi connectivity index (χ2v) is 4.91. The van der Waals surface area contributed by atoms with Gasteiger partial charge in [-0.25, -0.2) is 0 Å². The van der Waals surface area contributed by atoms with E-state index in [9.17, 15) is 13.2 Å². The van der Waals surface area contributed by atoms with Crippen LogP contribution in [0.4, 0.5) is 13.2 Å². The van der Waals surface area contributed by atoms with Gasteiger partial charge in [-0.15, -0.1) is 0 Å². The Kier molecular flexibility index (Phi) is 3.36. The SMILES string of the molecule is FC(F)(F)C[Te]c1ccccn1. The molecule has 0 amide bonds. The van der Waals surface area contributed by atoms with Crippen molar-refractivity contribution in [3.63, 3.8) is 0 Å². The van der Waals surface area contributed by atoms with Crippen molar-refractivity contribution >= 4 is 24.7 Å². The van der Waals surface area contributed by atoms with Gasteiger partial charge in [0.15, 0.2) is 0 Å². The van der Waals surface area contributed by atoms with Gasteiger partial charge < -0.3 is 0 Å². The zero-order valence-corrected chi connectivity index (χ0v) is 8.34. The molecule has 0 aromatic carbocycles. The molecule has 0 aliphatic heterocycles. The van der Waals surface area contributed by atoms with Crippen LogP contribution in [0.5, 0.6) is 0 Å². The number of nitrogens with zero attached hydrogens (tertiary/aromatic N) is 1. The zero-order valence-electron chi connectivity index (χ0n) is 6.01. The molecule has 1 nitrogen and oxygen atoms in total. The van der Waals surface area contributed by atoms with Crippen molar-refractivity contribution in [1.29, 1.82) is 0 Å². The number of hydrogen-bond donors (Lipinski definition) is 0. The summed E-state index contributed by atoms with van der Waals surface area (Å²) in [5.74, 6) is 0.